The summed E-state index contributed by atoms with van der Waals surface area (Å²) in [4.78, 5) is 11.6. The lowest BCUT2D eigenvalue weighted by molar-refractivity contribution is 0.478. The molecule has 5 atom stereocenters. The van der Waals surface area contributed by atoms with Gasteiger partial charge in [-0.1, -0.05) is 116 Å². The minimum absolute atomic E-state index is 0.00304. The molecule has 0 saturated heterocycles. The molecule has 0 fully saturated rings. The van der Waals surface area contributed by atoms with Gasteiger partial charge in [0, 0.05) is 230 Å². The fourth-order valence-electron chi connectivity index (χ4n) is 16.6. The number of aromatic hydroxyl groups is 5. The predicted molar refractivity (Wildman–Crippen MR) is 456 cm³/mol. The first kappa shape index (κ1) is 79.9. The van der Waals surface area contributed by atoms with Crippen molar-refractivity contribution in [2.24, 2.45) is 0 Å². The van der Waals surface area contributed by atoms with Gasteiger partial charge < -0.3 is 50.0 Å². The number of rotatable bonds is 5. The van der Waals surface area contributed by atoms with Crippen LogP contribution in [0.15, 0.2) is 126 Å². The fourth-order valence-corrected chi connectivity index (χ4v) is 19.0. The van der Waals surface area contributed by atoms with E-state index in [1.54, 1.807) is 18.2 Å². The van der Waals surface area contributed by atoms with Crippen molar-refractivity contribution in [1.29, 1.82) is 0 Å². The average molecular weight is 1650 g/mol. The van der Waals surface area contributed by atoms with Crippen LogP contribution in [-0.4, -0.2) is 115 Å². The summed E-state index contributed by atoms with van der Waals surface area (Å²) in [7, 11) is 0. The van der Waals surface area contributed by atoms with Crippen molar-refractivity contribution in [1.82, 2.24) is 0 Å². The van der Waals surface area contributed by atoms with Gasteiger partial charge in [0.05, 0.1) is 0 Å². The summed E-state index contributed by atoms with van der Waals surface area (Å²) in [6.45, 7) is 41.3. The zero-order valence-electron chi connectivity index (χ0n) is 63.5. The van der Waals surface area contributed by atoms with Crippen molar-refractivity contribution in [2.45, 2.75) is 175 Å². The lowest BCUT2D eigenvalue weighted by Gasteiger charge is -2.35. The van der Waals surface area contributed by atoms with Gasteiger partial charge >= 0.3 is 0 Å². The van der Waals surface area contributed by atoms with Crippen LogP contribution < -0.4 is 24.5 Å². The molecule has 0 unspecified atom stereocenters. The Kier molecular flexibility index (Phi) is 23.1. The Morgan fingerprint density at radius 1 is 0.362 bits per heavy atom. The Labute approximate surface area is 662 Å². The molecule has 0 aromatic heterocycles. The first-order chi connectivity index (χ1) is 49.2. The van der Waals surface area contributed by atoms with E-state index in [2.05, 4.69) is 186 Å². The van der Waals surface area contributed by atoms with Crippen LogP contribution in [-0.2, 0) is 0 Å². The second kappa shape index (κ2) is 30.4. The summed E-state index contributed by atoms with van der Waals surface area (Å²) < 4.78 is 15.4. The molecule has 0 amide bonds. The van der Waals surface area contributed by atoms with Crippen LogP contribution in [0.25, 0.3) is 53.9 Å². The molecule has 5 aliphatic rings. The number of nitrogens with zero attached hydrogens (tertiary/aromatic N) is 5. The molecule has 5 aliphatic heterocycles. The van der Waals surface area contributed by atoms with E-state index in [0.717, 1.165) is 103 Å². The molecule has 0 radical (unpaired) electrons. The van der Waals surface area contributed by atoms with Crippen LogP contribution in [0.4, 0.5) is 32.8 Å². The minimum atomic E-state index is -0.300. The van der Waals surface area contributed by atoms with Gasteiger partial charge in [-0.05, 0) is 186 Å². The van der Waals surface area contributed by atoms with Crippen molar-refractivity contribution in [3.05, 3.63) is 176 Å². The highest BCUT2D eigenvalue weighted by Gasteiger charge is 2.42. The molecule has 10 nitrogen and oxygen atoms in total. The highest BCUT2D eigenvalue weighted by Crippen LogP contribution is 2.55. The number of hydrogen-bond donors (Lipinski definition) is 5. The Hall–Kier alpha value is -6.16. The third-order valence-electron chi connectivity index (χ3n) is 21.5. The summed E-state index contributed by atoms with van der Waals surface area (Å²) in [6.07, 6.45) is 0. The first-order valence-corrected chi connectivity index (χ1v) is 40.7. The number of phenolic OH excluding ortho intramolecular Hbond substituents is 5. The second-order valence-corrected chi connectivity index (χ2v) is 36.9. The zero-order valence-corrected chi connectivity index (χ0v) is 70.5. The Bertz CT molecular complexity index is 4250. The molecular formula is C87H101Br2Cl5FN5O5. The maximum absolute atomic E-state index is 14.4. The van der Waals surface area contributed by atoms with Crippen LogP contribution in [0.1, 0.15) is 172 Å². The van der Waals surface area contributed by atoms with Crippen molar-refractivity contribution in [2.75, 3.05) is 86.1 Å². The Balaban J connectivity index is 0.000000131. The van der Waals surface area contributed by atoms with Crippen LogP contribution in [0.2, 0.25) is 5.02 Å². The average Bonchev–Trinajstić information content (AvgIpc) is 1.64. The standard InChI is InChI=1S/C18H22BrNO.C18H22ClNO.C17H19BrClNO.C17H19Cl2NO.C17H19ClFNO/c2*1-11-6-5-7-13-15(21)8-14-17(16(11)13)12(9-19)10-20(14)18(2,3)4;1-17(2,3)20-9-10(8-19)15-13(20)7-14(21)11-5-4-6-12(18)16(11)15;2*1-17(2,3)20-9-10(8-18)15-13(20)7-14(21)11-5-4-6-12(19)16(11)15/h2*5-8,12,21H,9-10H2,1-4H3;3*4-7,10,21H,8-9H2,1-3H3/t2*12-;3*10-/m11111/s1. The van der Waals surface area contributed by atoms with E-state index in [1.807, 2.05) is 84.9 Å². The van der Waals surface area contributed by atoms with Crippen LogP contribution in [0.5, 0.6) is 28.7 Å². The highest BCUT2D eigenvalue weighted by atomic mass is 79.9. The molecule has 0 spiro atoms. The molecular weight excluding hydrogens is 1550 g/mol. The van der Waals surface area contributed by atoms with Crippen molar-refractivity contribution >= 4 is 172 Å². The normalized spacial score (nSPS) is 18.3. The maximum Gasteiger partial charge on any atom is 0.131 e. The number of anilines is 5. The van der Waals surface area contributed by atoms with Gasteiger partial charge in [0.15, 0.2) is 0 Å². The Morgan fingerprint density at radius 2 is 0.610 bits per heavy atom. The van der Waals surface area contributed by atoms with Crippen LogP contribution >= 0.6 is 89.9 Å². The first-order valence-electron chi connectivity index (χ1n) is 36.2. The Morgan fingerprint density at radius 3 is 0.933 bits per heavy atom. The number of phenols is 5. The third-order valence-corrected chi connectivity index (χ3v) is 24.8. The van der Waals surface area contributed by atoms with Gasteiger partial charge in [0.1, 0.15) is 34.6 Å². The van der Waals surface area contributed by atoms with E-state index < -0.39 is 0 Å². The van der Waals surface area contributed by atoms with Crippen molar-refractivity contribution < 1.29 is 29.9 Å². The lowest BCUT2D eigenvalue weighted by atomic mass is 9.92. The highest BCUT2D eigenvalue weighted by molar-refractivity contribution is 9.10. The summed E-state index contributed by atoms with van der Waals surface area (Å²) in [5.41, 5.74) is 13.7. The summed E-state index contributed by atoms with van der Waals surface area (Å²) in [6, 6.07) is 38.0. The monoisotopic (exact) mass is 1650 g/mol. The number of alkyl halides is 5. The largest absolute Gasteiger partial charge is 0.507 e. The number of halogens is 8. The molecule has 15 rings (SSSR count). The smallest absolute Gasteiger partial charge is 0.131 e. The number of benzene rings is 10. The summed E-state index contributed by atoms with van der Waals surface area (Å²) >= 11 is 38.6. The molecule has 10 aromatic carbocycles. The van der Waals surface area contributed by atoms with Gasteiger partial charge in [0.25, 0.3) is 0 Å². The quantitative estimate of drug-likeness (QED) is 0.107. The van der Waals surface area contributed by atoms with Crippen molar-refractivity contribution in [3.8, 4) is 28.7 Å². The van der Waals surface area contributed by atoms with E-state index in [9.17, 15) is 29.9 Å². The third kappa shape index (κ3) is 15.1. The molecule has 10 aromatic rings. The van der Waals surface area contributed by atoms with Crippen LogP contribution in [0, 0.1) is 19.7 Å². The van der Waals surface area contributed by atoms with Crippen LogP contribution in [0.3, 0.4) is 0 Å². The van der Waals surface area contributed by atoms with Gasteiger partial charge in [-0.3, -0.25) is 0 Å². The number of hydrogen-bond acceptors (Lipinski definition) is 10. The topological polar surface area (TPSA) is 117 Å². The van der Waals surface area contributed by atoms with E-state index in [0.29, 0.717) is 68.4 Å². The molecule has 560 valence electrons. The van der Waals surface area contributed by atoms with Gasteiger partial charge in [-0.25, -0.2) is 4.39 Å². The van der Waals surface area contributed by atoms with Gasteiger partial charge in [-0.2, -0.15) is 0 Å². The summed E-state index contributed by atoms with van der Waals surface area (Å²) in [5, 5.41) is 62.7. The van der Waals surface area contributed by atoms with E-state index in [-0.39, 0.29) is 62.8 Å². The SMILES string of the molecule is CC(C)(C)N1C[C@@H](CCl)c2c1cc(O)c1cccc(Br)c21.CC(C)(C)N1C[C@@H](CCl)c2c1cc(O)c1cccc(Cl)c21.CC(C)(C)N1C[C@@H](CCl)c2c1cc(O)c1cccc(F)c21.Cc1cccc2c(O)cc3c(c12)[C@H](CBr)CN3C(C)(C)C.Cc1cccc2c(O)cc3c(c12)[C@H](CCl)CN3C(C)(C)C. The lowest BCUT2D eigenvalue weighted by Crippen LogP contribution is -2.40. The second-order valence-electron chi connectivity index (χ2n) is 33.8. The predicted octanol–water partition coefficient (Wildman–Crippen LogP) is 24.8. The number of aryl methyl sites for hydroxylation is 2. The number of fused-ring (bicyclic) bond motifs is 15. The van der Waals surface area contributed by atoms with E-state index in [1.165, 1.54) is 55.9 Å². The molecule has 0 aliphatic carbocycles. The van der Waals surface area contributed by atoms with Gasteiger partial charge in [0.2, 0.25) is 0 Å². The molecule has 18 heteroatoms. The van der Waals surface area contributed by atoms with Gasteiger partial charge in [-0.15, -0.1) is 46.4 Å². The fraction of sp³-hybridized carbons (Fsp3) is 0.425. The minimum Gasteiger partial charge on any atom is -0.507 e. The zero-order chi connectivity index (χ0) is 76.8. The van der Waals surface area contributed by atoms with E-state index in [4.69, 9.17) is 58.0 Å². The molecule has 5 heterocycles. The maximum atomic E-state index is 14.4. The summed E-state index contributed by atoms with van der Waals surface area (Å²) in [5.74, 6) is 4.69. The molecule has 5 N–H and O–H groups in total. The van der Waals surface area contributed by atoms with E-state index >= 15 is 0 Å². The van der Waals surface area contributed by atoms with Crippen molar-refractivity contribution in [3.63, 3.8) is 0 Å². The molecule has 105 heavy (non-hydrogen) atoms. The molecule has 0 bridgehead atoms. The molecule has 0 saturated carbocycles.